The Labute approximate surface area is 182 Å². The minimum atomic E-state index is -0.412. The van der Waals surface area contributed by atoms with Crippen LogP contribution in [0.1, 0.15) is 70.4 Å². The van der Waals surface area contributed by atoms with Gasteiger partial charge in [-0.2, -0.15) is 0 Å². The Kier molecular flexibility index (Phi) is 6.44. The lowest BCUT2D eigenvalue weighted by Crippen LogP contribution is -2.16. The lowest BCUT2D eigenvalue weighted by atomic mass is 9.83. The van der Waals surface area contributed by atoms with E-state index >= 15 is 0 Å². The van der Waals surface area contributed by atoms with Gasteiger partial charge in [0, 0.05) is 36.5 Å². The zero-order chi connectivity index (χ0) is 21.8. The Bertz CT molecular complexity index is 1060. The fraction of sp³-hybridized carbons (Fsp3) is 0.400. The molecule has 2 aromatic heterocycles. The molecule has 0 aliphatic heterocycles. The van der Waals surface area contributed by atoms with Crippen LogP contribution in [0.4, 0.5) is 4.39 Å². The molecule has 0 N–H and O–H groups in total. The van der Waals surface area contributed by atoms with E-state index in [2.05, 4.69) is 9.55 Å². The second kappa shape index (κ2) is 9.41. The largest absolute Gasteiger partial charge is 0.464 e. The Morgan fingerprint density at radius 3 is 2.65 bits per heavy atom. The van der Waals surface area contributed by atoms with Crippen LogP contribution in [0, 0.1) is 12.7 Å². The summed E-state index contributed by atoms with van der Waals surface area (Å²) in [7, 11) is 1.37. The first-order chi connectivity index (χ1) is 15.0. The average molecular weight is 422 g/mol. The minimum Gasteiger partial charge on any atom is -0.464 e. The molecule has 1 saturated carbocycles. The van der Waals surface area contributed by atoms with Crippen LogP contribution in [-0.4, -0.2) is 27.6 Å². The first-order valence-corrected chi connectivity index (χ1v) is 10.9. The molecule has 0 radical (unpaired) electrons. The summed E-state index contributed by atoms with van der Waals surface area (Å²) in [4.78, 5) is 21.0. The van der Waals surface area contributed by atoms with E-state index in [9.17, 15) is 9.18 Å². The van der Waals surface area contributed by atoms with Gasteiger partial charge in [0.05, 0.1) is 7.11 Å². The molecule has 3 aromatic rings. The highest BCUT2D eigenvalue weighted by Crippen LogP contribution is 2.37. The van der Waals surface area contributed by atoms with Crippen molar-refractivity contribution >= 4 is 5.97 Å². The van der Waals surface area contributed by atoms with E-state index in [1.54, 1.807) is 6.07 Å². The molecule has 1 aliphatic carbocycles. The Balaban J connectivity index is 1.48. The summed E-state index contributed by atoms with van der Waals surface area (Å²) in [6.45, 7) is 2.66. The highest BCUT2D eigenvalue weighted by atomic mass is 19.1. The van der Waals surface area contributed by atoms with E-state index in [0.29, 0.717) is 18.2 Å². The van der Waals surface area contributed by atoms with Gasteiger partial charge >= 0.3 is 5.97 Å². The van der Waals surface area contributed by atoms with Crippen LogP contribution in [0.3, 0.4) is 0 Å². The van der Waals surface area contributed by atoms with E-state index in [4.69, 9.17) is 9.72 Å². The zero-order valence-electron chi connectivity index (χ0n) is 18.1. The number of pyridine rings is 1. The van der Waals surface area contributed by atoms with Gasteiger partial charge in [0.25, 0.3) is 0 Å². The fourth-order valence-electron chi connectivity index (χ4n) is 4.12. The molecule has 0 atom stereocenters. The van der Waals surface area contributed by atoms with Gasteiger partial charge in [-0.15, -0.1) is 0 Å². The van der Waals surface area contributed by atoms with Crippen molar-refractivity contribution in [2.24, 2.45) is 0 Å². The number of aromatic nitrogens is 3. The number of hydrogen-bond acceptors (Lipinski definition) is 4. The van der Waals surface area contributed by atoms with Crippen molar-refractivity contribution in [1.82, 2.24) is 14.5 Å². The van der Waals surface area contributed by atoms with E-state index in [0.717, 1.165) is 41.9 Å². The third-order valence-corrected chi connectivity index (χ3v) is 6.00. The molecule has 1 aromatic carbocycles. The molecule has 162 valence electrons. The predicted molar refractivity (Wildman–Crippen MR) is 117 cm³/mol. The molecular weight excluding hydrogens is 393 g/mol. The van der Waals surface area contributed by atoms with Gasteiger partial charge in [-0.1, -0.05) is 18.6 Å². The number of nitrogens with zero attached hydrogens (tertiary/aromatic N) is 3. The summed E-state index contributed by atoms with van der Waals surface area (Å²) in [5, 5.41) is 0. The van der Waals surface area contributed by atoms with Crippen molar-refractivity contribution in [2.45, 2.75) is 57.9 Å². The van der Waals surface area contributed by atoms with Crippen LogP contribution < -0.4 is 0 Å². The van der Waals surface area contributed by atoms with Gasteiger partial charge < -0.3 is 9.30 Å². The summed E-state index contributed by atoms with van der Waals surface area (Å²) in [5.41, 5.74) is 4.59. The smallest absolute Gasteiger partial charge is 0.356 e. The molecule has 1 fully saturated rings. The molecular formula is C25H28FN3O2. The number of rotatable bonds is 8. The molecule has 0 bridgehead atoms. The van der Waals surface area contributed by atoms with Crippen molar-refractivity contribution in [3.8, 4) is 0 Å². The lowest BCUT2D eigenvalue weighted by Gasteiger charge is -2.27. The Hall–Kier alpha value is -3.02. The highest BCUT2D eigenvalue weighted by molar-refractivity contribution is 5.87. The molecule has 0 spiro atoms. The summed E-state index contributed by atoms with van der Waals surface area (Å²) >= 11 is 0. The van der Waals surface area contributed by atoms with Crippen molar-refractivity contribution < 1.29 is 13.9 Å². The van der Waals surface area contributed by atoms with E-state index in [1.165, 1.54) is 44.2 Å². The third-order valence-electron chi connectivity index (χ3n) is 6.00. The summed E-state index contributed by atoms with van der Waals surface area (Å²) < 4.78 is 20.4. The number of imidazole rings is 1. The SMILES string of the molecule is COC(=O)c1cc(C)cc(CCCc2ncc(C3CCC3)n2Cc2ccc(F)cc2)n1. The number of hydrogen-bond donors (Lipinski definition) is 0. The average Bonchev–Trinajstić information content (AvgIpc) is 3.09. The summed E-state index contributed by atoms with van der Waals surface area (Å²) in [5.74, 6) is 0.991. The topological polar surface area (TPSA) is 57.0 Å². The van der Waals surface area contributed by atoms with E-state index in [-0.39, 0.29) is 5.82 Å². The predicted octanol–water partition coefficient (Wildman–Crippen LogP) is 5.00. The van der Waals surface area contributed by atoms with Crippen LogP contribution in [0.25, 0.3) is 0 Å². The van der Waals surface area contributed by atoms with Crippen LogP contribution >= 0.6 is 0 Å². The van der Waals surface area contributed by atoms with Gasteiger partial charge in [0.2, 0.25) is 0 Å². The van der Waals surface area contributed by atoms with Gasteiger partial charge in [0.15, 0.2) is 0 Å². The van der Waals surface area contributed by atoms with E-state index in [1.807, 2.05) is 31.3 Å². The first kappa shape index (κ1) is 21.2. The number of benzene rings is 1. The fourth-order valence-corrected chi connectivity index (χ4v) is 4.12. The van der Waals surface area contributed by atoms with Gasteiger partial charge in [-0.25, -0.2) is 19.2 Å². The van der Waals surface area contributed by atoms with Crippen LogP contribution in [0.2, 0.25) is 0 Å². The Morgan fingerprint density at radius 2 is 1.97 bits per heavy atom. The monoisotopic (exact) mass is 421 g/mol. The second-order valence-electron chi connectivity index (χ2n) is 8.31. The molecule has 0 saturated heterocycles. The molecule has 2 heterocycles. The molecule has 31 heavy (non-hydrogen) atoms. The van der Waals surface area contributed by atoms with Gasteiger partial charge in [0.1, 0.15) is 17.3 Å². The Morgan fingerprint density at radius 1 is 1.19 bits per heavy atom. The van der Waals surface area contributed by atoms with Crippen molar-refractivity contribution in [3.05, 3.63) is 82.4 Å². The number of carbonyl (C=O) groups is 1. The maximum Gasteiger partial charge on any atom is 0.356 e. The number of ether oxygens (including phenoxy) is 1. The standard InChI is InChI=1S/C25H28FN3O2/c1-17-13-21(28-22(14-17)25(30)31-2)7-4-8-24-27-15-23(19-5-3-6-19)29(24)16-18-9-11-20(26)12-10-18/h9-15,19H,3-8,16H2,1-2H3. The zero-order valence-corrected chi connectivity index (χ0v) is 18.1. The second-order valence-corrected chi connectivity index (χ2v) is 8.31. The highest BCUT2D eigenvalue weighted by Gasteiger charge is 2.24. The summed E-state index contributed by atoms with van der Waals surface area (Å²) in [6.07, 6.45) is 8.15. The van der Waals surface area contributed by atoms with Crippen molar-refractivity contribution in [1.29, 1.82) is 0 Å². The van der Waals surface area contributed by atoms with Crippen LogP contribution in [0.15, 0.2) is 42.6 Å². The molecule has 0 unspecified atom stereocenters. The normalized spacial score (nSPS) is 13.8. The lowest BCUT2D eigenvalue weighted by molar-refractivity contribution is 0.0593. The maximum absolute atomic E-state index is 13.3. The van der Waals surface area contributed by atoms with Crippen molar-refractivity contribution in [3.63, 3.8) is 0 Å². The van der Waals surface area contributed by atoms with E-state index < -0.39 is 5.97 Å². The molecule has 4 rings (SSSR count). The minimum absolute atomic E-state index is 0.217. The number of aryl methyl sites for hydroxylation is 3. The number of carbonyl (C=O) groups excluding carboxylic acids is 1. The number of halogens is 1. The maximum atomic E-state index is 13.3. The molecule has 0 amide bonds. The number of esters is 1. The third kappa shape index (κ3) is 5.01. The van der Waals surface area contributed by atoms with Gasteiger partial charge in [-0.3, -0.25) is 0 Å². The molecule has 1 aliphatic rings. The van der Waals surface area contributed by atoms with Crippen molar-refractivity contribution in [2.75, 3.05) is 7.11 Å². The van der Waals surface area contributed by atoms with Crippen LogP contribution in [-0.2, 0) is 24.1 Å². The van der Waals surface area contributed by atoms with Gasteiger partial charge in [-0.05, 0) is 68.0 Å². The number of methoxy groups -OCH3 is 1. The first-order valence-electron chi connectivity index (χ1n) is 10.9. The quantitative estimate of drug-likeness (QED) is 0.480. The summed E-state index contributed by atoms with van der Waals surface area (Å²) in [6, 6.07) is 10.5. The van der Waals surface area contributed by atoms with Crippen LogP contribution in [0.5, 0.6) is 0 Å². The molecule has 5 nitrogen and oxygen atoms in total. The molecule has 6 heteroatoms.